The maximum absolute atomic E-state index is 13.2. The molecule has 10 heteroatoms. The number of carbonyl (C=O) groups excluding carboxylic acids is 2. The Hall–Kier alpha value is -3.34. The fraction of sp³-hybridized carbons (Fsp3) is 0.0476. The number of hydrogen-bond donors (Lipinski definition) is 2. The van der Waals surface area contributed by atoms with Gasteiger partial charge in [-0.2, -0.15) is 8.42 Å². The Labute approximate surface area is 178 Å². The van der Waals surface area contributed by atoms with Gasteiger partial charge < -0.3 is 0 Å². The van der Waals surface area contributed by atoms with Gasteiger partial charge in [-0.15, -0.1) is 0 Å². The molecule has 0 aliphatic heterocycles. The van der Waals surface area contributed by atoms with E-state index in [9.17, 15) is 31.0 Å². The third-order valence-corrected chi connectivity index (χ3v) is 7.16. The fourth-order valence-electron chi connectivity index (χ4n) is 3.39. The van der Waals surface area contributed by atoms with E-state index in [1.807, 2.05) is 0 Å². The Bertz CT molecular complexity index is 1470. The van der Waals surface area contributed by atoms with Gasteiger partial charge in [-0.25, -0.2) is 8.42 Å². The van der Waals surface area contributed by atoms with Crippen LogP contribution in [-0.4, -0.2) is 33.0 Å². The molecule has 0 bridgehead atoms. The van der Waals surface area contributed by atoms with Crippen molar-refractivity contribution in [2.75, 3.05) is 4.72 Å². The van der Waals surface area contributed by atoms with Gasteiger partial charge in [0.2, 0.25) is 0 Å². The van der Waals surface area contributed by atoms with E-state index in [0.717, 1.165) is 17.7 Å². The van der Waals surface area contributed by atoms with Crippen LogP contribution < -0.4 is 4.72 Å². The highest BCUT2D eigenvalue weighted by atomic mass is 32.2. The van der Waals surface area contributed by atoms with Crippen molar-refractivity contribution < 1.29 is 31.0 Å². The summed E-state index contributed by atoms with van der Waals surface area (Å²) in [5.74, 6) is -1.31. The molecule has 0 amide bonds. The molecule has 0 radical (unpaired) electrons. The highest BCUT2D eigenvalue weighted by molar-refractivity contribution is 7.93. The summed E-state index contributed by atoms with van der Waals surface area (Å²) < 4.78 is 61.5. The third kappa shape index (κ3) is 3.54. The van der Waals surface area contributed by atoms with Gasteiger partial charge in [-0.3, -0.25) is 18.9 Å². The first-order valence-corrected chi connectivity index (χ1v) is 11.9. The molecule has 158 valence electrons. The zero-order valence-electron chi connectivity index (χ0n) is 16.0. The van der Waals surface area contributed by atoms with Crippen molar-refractivity contribution in [1.29, 1.82) is 0 Å². The number of fused-ring (bicyclic) bond motifs is 2. The number of hydrogen-bond acceptors (Lipinski definition) is 6. The second-order valence-corrected chi connectivity index (χ2v) is 10.0. The van der Waals surface area contributed by atoms with E-state index in [0.29, 0.717) is 0 Å². The molecule has 2 N–H and O–H groups in total. The standard InChI is InChI=1S/C21H15NO7S2/c1-12-6-8-13(9-7-12)30(25,26)22-19-17(31(27,28)29)11-10-16-18(19)21(24)15-5-3-2-4-14(15)20(16)23/h2-11,22H,1H3,(H,27,28,29). The van der Waals surface area contributed by atoms with Gasteiger partial charge in [0, 0.05) is 16.7 Å². The van der Waals surface area contributed by atoms with E-state index in [1.165, 1.54) is 30.3 Å². The van der Waals surface area contributed by atoms with Crippen LogP contribution in [0.25, 0.3) is 0 Å². The molecule has 3 aromatic carbocycles. The lowest BCUT2D eigenvalue weighted by molar-refractivity contribution is 0.0979. The van der Waals surface area contributed by atoms with Crippen molar-refractivity contribution in [2.24, 2.45) is 0 Å². The Morgan fingerprint density at radius 1 is 0.742 bits per heavy atom. The number of carbonyl (C=O) groups is 2. The zero-order chi connectivity index (χ0) is 22.6. The van der Waals surface area contributed by atoms with E-state index < -0.39 is 47.9 Å². The SMILES string of the molecule is Cc1ccc(S(=O)(=O)Nc2c(S(=O)(=O)O)ccc3c2C(=O)c2ccccc2C3=O)cc1. The molecule has 0 spiro atoms. The van der Waals surface area contributed by atoms with Crippen molar-refractivity contribution in [3.05, 3.63) is 88.5 Å². The molecule has 1 aliphatic carbocycles. The maximum atomic E-state index is 13.2. The number of anilines is 1. The molecule has 0 saturated carbocycles. The van der Waals surface area contributed by atoms with Gasteiger partial charge in [0.15, 0.2) is 11.6 Å². The fourth-order valence-corrected chi connectivity index (χ4v) is 5.20. The summed E-state index contributed by atoms with van der Waals surface area (Å²) in [6.07, 6.45) is 0. The molecule has 31 heavy (non-hydrogen) atoms. The van der Waals surface area contributed by atoms with E-state index >= 15 is 0 Å². The van der Waals surface area contributed by atoms with Crippen molar-refractivity contribution in [3.8, 4) is 0 Å². The molecule has 0 aromatic heterocycles. The van der Waals surface area contributed by atoms with Crippen LogP contribution in [0.5, 0.6) is 0 Å². The maximum Gasteiger partial charge on any atom is 0.296 e. The summed E-state index contributed by atoms with van der Waals surface area (Å²) in [4.78, 5) is 25.0. The minimum Gasteiger partial charge on any atom is -0.289 e. The molecule has 4 rings (SSSR count). The van der Waals surface area contributed by atoms with Gasteiger partial charge >= 0.3 is 0 Å². The quantitative estimate of drug-likeness (QED) is 0.450. The average Bonchev–Trinajstić information content (AvgIpc) is 2.71. The number of benzene rings is 3. The van der Waals surface area contributed by atoms with Gasteiger partial charge in [-0.05, 0) is 31.2 Å². The molecule has 0 unspecified atom stereocenters. The van der Waals surface area contributed by atoms with Gasteiger partial charge in [0.1, 0.15) is 4.90 Å². The predicted molar refractivity (Wildman–Crippen MR) is 112 cm³/mol. The van der Waals surface area contributed by atoms with Crippen LogP contribution in [-0.2, 0) is 20.1 Å². The molecule has 0 heterocycles. The molecule has 1 aliphatic rings. The largest absolute Gasteiger partial charge is 0.296 e. The first-order valence-electron chi connectivity index (χ1n) is 8.93. The number of aryl methyl sites for hydroxylation is 1. The van der Waals surface area contributed by atoms with Gasteiger partial charge in [0.05, 0.1) is 16.1 Å². The monoisotopic (exact) mass is 457 g/mol. The summed E-state index contributed by atoms with van der Waals surface area (Å²) >= 11 is 0. The second kappa shape index (κ2) is 7.12. The Morgan fingerprint density at radius 2 is 1.32 bits per heavy atom. The normalized spacial score (nSPS) is 13.5. The lowest BCUT2D eigenvalue weighted by atomic mass is 9.83. The second-order valence-electron chi connectivity index (χ2n) is 6.96. The Morgan fingerprint density at radius 3 is 1.90 bits per heavy atom. The van der Waals surface area contributed by atoms with Crippen LogP contribution in [0.1, 0.15) is 37.4 Å². The highest BCUT2D eigenvalue weighted by Crippen LogP contribution is 2.37. The van der Waals surface area contributed by atoms with Crippen molar-refractivity contribution >= 4 is 37.4 Å². The zero-order valence-corrected chi connectivity index (χ0v) is 17.6. The van der Waals surface area contributed by atoms with Crippen molar-refractivity contribution in [3.63, 3.8) is 0 Å². The lowest BCUT2D eigenvalue weighted by Crippen LogP contribution is -2.25. The summed E-state index contributed by atoms with van der Waals surface area (Å²) in [5, 5.41) is 0. The summed E-state index contributed by atoms with van der Waals surface area (Å²) in [5.41, 5.74) is -0.358. The molecule has 0 saturated heterocycles. The lowest BCUT2D eigenvalue weighted by Gasteiger charge is -2.22. The average molecular weight is 457 g/mol. The van der Waals surface area contributed by atoms with E-state index in [-0.39, 0.29) is 21.6 Å². The van der Waals surface area contributed by atoms with Gasteiger partial charge in [-0.1, -0.05) is 42.0 Å². The molecule has 3 aromatic rings. The topological polar surface area (TPSA) is 135 Å². The van der Waals surface area contributed by atoms with Crippen LogP contribution in [0, 0.1) is 6.92 Å². The van der Waals surface area contributed by atoms with Gasteiger partial charge in [0.25, 0.3) is 20.1 Å². The number of sulfonamides is 1. The van der Waals surface area contributed by atoms with Crippen LogP contribution in [0.3, 0.4) is 0 Å². The highest BCUT2D eigenvalue weighted by Gasteiger charge is 2.36. The Kier molecular flexibility index (Phi) is 4.80. The summed E-state index contributed by atoms with van der Waals surface area (Å²) in [6.45, 7) is 1.76. The van der Waals surface area contributed by atoms with Crippen LogP contribution in [0.4, 0.5) is 5.69 Å². The number of rotatable bonds is 4. The molecular weight excluding hydrogens is 442 g/mol. The van der Waals surface area contributed by atoms with Crippen LogP contribution >= 0.6 is 0 Å². The molecule has 8 nitrogen and oxygen atoms in total. The van der Waals surface area contributed by atoms with Crippen LogP contribution in [0.15, 0.2) is 70.5 Å². The number of nitrogens with one attached hydrogen (secondary N) is 1. The van der Waals surface area contributed by atoms with E-state index in [1.54, 1.807) is 25.1 Å². The third-order valence-electron chi connectivity index (χ3n) is 4.90. The smallest absolute Gasteiger partial charge is 0.289 e. The molecule has 0 fully saturated rings. The summed E-state index contributed by atoms with van der Waals surface area (Å²) in [7, 11) is -9.29. The van der Waals surface area contributed by atoms with Crippen LogP contribution in [0.2, 0.25) is 0 Å². The van der Waals surface area contributed by atoms with E-state index in [2.05, 4.69) is 4.72 Å². The van der Waals surface area contributed by atoms with Crippen molar-refractivity contribution in [2.45, 2.75) is 16.7 Å². The minimum atomic E-state index is -4.94. The Balaban J connectivity index is 1.98. The minimum absolute atomic E-state index is 0.00303. The predicted octanol–water partition coefficient (Wildman–Crippen LogP) is 2.82. The van der Waals surface area contributed by atoms with Crippen molar-refractivity contribution in [1.82, 2.24) is 0 Å². The molecular formula is C21H15NO7S2. The number of ketones is 2. The molecule has 0 atom stereocenters. The summed E-state index contributed by atoms with van der Waals surface area (Å²) in [6, 6.07) is 13.6. The van der Waals surface area contributed by atoms with E-state index in [4.69, 9.17) is 0 Å². The first-order chi connectivity index (χ1) is 14.5. The first kappa shape index (κ1) is 20.9.